The van der Waals surface area contributed by atoms with Gasteiger partial charge in [-0.2, -0.15) is 0 Å². The molecule has 4 rings (SSSR count). The first-order valence-corrected chi connectivity index (χ1v) is 11.1. The summed E-state index contributed by atoms with van der Waals surface area (Å²) in [4.78, 5) is 13.4. The van der Waals surface area contributed by atoms with Crippen LogP contribution < -0.4 is 5.32 Å². The molecule has 29 heavy (non-hydrogen) atoms. The van der Waals surface area contributed by atoms with Crippen molar-refractivity contribution in [2.24, 2.45) is 10.9 Å². The van der Waals surface area contributed by atoms with Crippen LogP contribution in [0.5, 0.6) is 0 Å². The van der Waals surface area contributed by atoms with Crippen LogP contribution in [0.4, 0.5) is 0 Å². The lowest BCUT2D eigenvalue weighted by Crippen LogP contribution is -2.41. The predicted octanol–water partition coefficient (Wildman–Crippen LogP) is 4.37. The summed E-state index contributed by atoms with van der Waals surface area (Å²) >= 11 is 6.17. The van der Waals surface area contributed by atoms with E-state index in [1.807, 2.05) is 18.2 Å². The van der Waals surface area contributed by atoms with E-state index < -0.39 is 0 Å². The van der Waals surface area contributed by atoms with Gasteiger partial charge in [0, 0.05) is 54.8 Å². The van der Waals surface area contributed by atoms with Gasteiger partial charge in [-0.3, -0.25) is 4.99 Å². The van der Waals surface area contributed by atoms with Crippen LogP contribution in [0.1, 0.15) is 31.7 Å². The van der Waals surface area contributed by atoms with Gasteiger partial charge in [0.2, 0.25) is 0 Å². The zero-order chi connectivity index (χ0) is 19.3. The number of hydrogen-bond acceptors (Lipinski definition) is 2. The van der Waals surface area contributed by atoms with E-state index in [1.165, 1.54) is 49.8 Å². The number of nitrogens with one attached hydrogen (secondary N) is 2. The van der Waals surface area contributed by atoms with Crippen LogP contribution in [0.15, 0.2) is 29.4 Å². The summed E-state index contributed by atoms with van der Waals surface area (Å²) in [6, 6.07) is 6.01. The van der Waals surface area contributed by atoms with Crippen molar-refractivity contribution in [3.05, 3.63) is 35.0 Å². The van der Waals surface area contributed by atoms with Gasteiger partial charge in [-0.25, -0.2) is 0 Å². The number of aliphatic imine (C=N–C) groups is 1. The van der Waals surface area contributed by atoms with Crippen molar-refractivity contribution in [2.45, 2.75) is 32.6 Å². The Kier molecular flexibility index (Phi) is 8.50. The highest BCUT2D eigenvalue weighted by molar-refractivity contribution is 14.0. The molecule has 2 saturated heterocycles. The van der Waals surface area contributed by atoms with Gasteiger partial charge in [0.25, 0.3) is 0 Å². The molecule has 2 aromatic rings. The highest BCUT2D eigenvalue weighted by Gasteiger charge is 2.27. The Hall–Kier alpha value is -0.990. The van der Waals surface area contributed by atoms with E-state index in [-0.39, 0.29) is 24.0 Å². The Morgan fingerprint density at radius 2 is 2.10 bits per heavy atom. The molecule has 3 heterocycles. The second-order valence-electron chi connectivity index (χ2n) is 8.10. The van der Waals surface area contributed by atoms with Gasteiger partial charge in [0.05, 0.1) is 0 Å². The molecule has 1 aromatic heterocycles. The lowest BCUT2D eigenvalue weighted by atomic mass is 10.1. The molecule has 2 aliphatic rings. The number of fused-ring (bicyclic) bond motifs is 1. The lowest BCUT2D eigenvalue weighted by molar-refractivity contribution is 0.281. The van der Waals surface area contributed by atoms with Gasteiger partial charge in [0.15, 0.2) is 5.96 Å². The molecular formula is C22H33ClIN5. The van der Waals surface area contributed by atoms with Gasteiger partial charge in [-0.05, 0) is 75.4 Å². The molecule has 7 heteroatoms. The molecule has 2 N–H and O–H groups in total. The Morgan fingerprint density at radius 1 is 1.28 bits per heavy atom. The Morgan fingerprint density at radius 3 is 2.90 bits per heavy atom. The quantitative estimate of drug-likeness (QED) is 0.332. The monoisotopic (exact) mass is 529 g/mol. The van der Waals surface area contributed by atoms with E-state index in [4.69, 9.17) is 16.6 Å². The number of benzene rings is 1. The average molecular weight is 530 g/mol. The van der Waals surface area contributed by atoms with Crippen LogP contribution >= 0.6 is 35.6 Å². The fourth-order valence-electron chi connectivity index (χ4n) is 4.57. The first kappa shape index (κ1) is 22.7. The summed E-state index contributed by atoms with van der Waals surface area (Å²) in [6.07, 6.45) is 7.03. The Bertz CT molecular complexity index is 815. The first-order valence-electron chi connectivity index (χ1n) is 10.7. The van der Waals surface area contributed by atoms with Crippen LogP contribution in [0, 0.1) is 5.92 Å². The topological polar surface area (TPSA) is 46.7 Å². The third kappa shape index (κ3) is 5.79. The van der Waals surface area contributed by atoms with E-state index >= 15 is 0 Å². The third-order valence-electron chi connectivity index (χ3n) is 6.01. The number of guanidine groups is 1. The summed E-state index contributed by atoms with van der Waals surface area (Å²) in [7, 11) is 0. The minimum absolute atomic E-state index is 0. The molecule has 1 unspecified atom stereocenters. The van der Waals surface area contributed by atoms with Crippen LogP contribution in [-0.2, 0) is 6.42 Å². The smallest absolute Gasteiger partial charge is 0.193 e. The molecule has 0 aliphatic carbocycles. The number of H-pyrrole nitrogens is 1. The van der Waals surface area contributed by atoms with Gasteiger partial charge < -0.3 is 20.1 Å². The molecular weight excluding hydrogens is 497 g/mol. The van der Waals surface area contributed by atoms with Crippen LogP contribution in [0.25, 0.3) is 10.9 Å². The van der Waals surface area contributed by atoms with E-state index in [9.17, 15) is 0 Å². The third-order valence-corrected chi connectivity index (χ3v) is 6.24. The summed E-state index contributed by atoms with van der Waals surface area (Å²) in [5, 5.41) is 5.49. The molecule has 0 spiro atoms. The summed E-state index contributed by atoms with van der Waals surface area (Å²) in [6.45, 7) is 9.93. The van der Waals surface area contributed by atoms with E-state index in [1.54, 1.807) is 0 Å². The van der Waals surface area contributed by atoms with E-state index in [0.29, 0.717) is 0 Å². The zero-order valence-corrected chi connectivity index (χ0v) is 20.4. The first-order chi connectivity index (χ1) is 13.7. The van der Waals surface area contributed by atoms with Crippen molar-refractivity contribution in [3.8, 4) is 0 Å². The van der Waals surface area contributed by atoms with Crippen molar-refractivity contribution in [3.63, 3.8) is 0 Å². The highest BCUT2D eigenvalue weighted by Crippen LogP contribution is 2.23. The van der Waals surface area contributed by atoms with Crippen molar-refractivity contribution >= 4 is 52.4 Å². The largest absolute Gasteiger partial charge is 0.361 e. The normalized spacial score (nSPS) is 20.4. The summed E-state index contributed by atoms with van der Waals surface area (Å²) in [5.41, 5.74) is 2.42. The second-order valence-corrected chi connectivity index (χ2v) is 8.53. The Balaban J connectivity index is 0.00000240. The minimum Gasteiger partial charge on any atom is -0.361 e. The van der Waals surface area contributed by atoms with E-state index in [0.717, 1.165) is 55.0 Å². The molecule has 0 amide bonds. The number of aromatic amines is 1. The standard InChI is InChI=1S/C22H32ClN5.HI/c1-2-24-22(28-12-8-17(16-28)15-27-10-3-4-11-27)25-9-7-18-14-26-21-6-5-19(23)13-20(18)21;/h5-6,13-14,17,26H,2-4,7-12,15-16H2,1H3,(H,24,25);1H. The molecule has 0 saturated carbocycles. The van der Waals surface area contributed by atoms with Crippen molar-refractivity contribution in [1.29, 1.82) is 0 Å². The number of rotatable bonds is 6. The minimum atomic E-state index is 0. The van der Waals surface area contributed by atoms with Crippen molar-refractivity contribution in [1.82, 2.24) is 20.1 Å². The molecule has 0 bridgehead atoms. The second kappa shape index (κ2) is 10.9. The van der Waals surface area contributed by atoms with E-state index in [2.05, 4.69) is 33.2 Å². The number of aromatic nitrogens is 1. The molecule has 2 aliphatic heterocycles. The van der Waals surface area contributed by atoms with Crippen molar-refractivity contribution < 1.29 is 0 Å². The van der Waals surface area contributed by atoms with Gasteiger partial charge >= 0.3 is 0 Å². The molecule has 5 nitrogen and oxygen atoms in total. The van der Waals surface area contributed by atoms with Gasteiger partial charge in [-0.1, -0.05) is 11.6 Å². The highest BCUT2D eigenvalue weighted by atomic mass is 127. The van der Waals surface area contributed by atoms with Gasteiger partial charge in [0.1, 0.15) is 0 Å². The molecule has 160 valence electrons. The Labute approximate surface area is 196 Å². The van der Waals surface area contributed by atoms with Crippen LogP contribution in [0.2, 0.25) is 5.02 Å². The lowest BCUT2D eigenvalue weighted by Gasteiger charge is -2.23. The van der Waals surface area contributed by atoms with Crippen molar-refractivity contribution in [2.75, 3.05) is 45.8 Å². The van der Waals surface area contributed by atoms with Crippen LogP contribution in [-0.4, -0.2) is 66.6 Å². The van der Waals surface area contributed by atoms with Gasteiger partial charge in [-0.15, -0.1) is 24.0 Å². The fourth-order valence-corrected chi connectivity index (χ4v) is 4.74. The average Bonchev–Trinajstić information content (AvgIpc) is 3.43. The number of hydrogen-bond donors (Lipinski definition) is 2. The maximum atomic E-state index is 6.17. The predicted molar refractivity (Wildman–Crippen MR) is 134 cm³/mol. The zero-order valence-electron chi connectivity index (χ0n) is 17.3. The summed E-state index contributed by atoms with van der Waals surface area (Å²) in [5.74, 6) is 1.85. The number of nitrogens with zero attached hydrogens (tertiary/aromatic N) is 3. The number of halogens is 2. The molecule has 2 fully saturated rings. The van der Waals surface area contributed by atoms with Crippen LogP contribution in [0.3, 0.4) is 0 Å². The molecule has 1 atom stereocenters. The maximum absolute atomic E-state index is 6.17. The SMILES string of the molecule is CCNC(=NCCc1c[nH]c2ccc(Cl)cc12)N1CCC(CN2CCCC2)C1.I. The number of likely N-dealkylation sites (tertiary alicyclic amines) is 2. The molecule has 0 radical (unpaired) electrons. The maximum Gasteiger partial charge on any atom is 0.193 e. The summed E-state index contributed by atoms with van der Waals surface area (Å²) < 4.78 is 0. The molecule has 1 aromatic carbocycles. The fraction of sp³-hybridized carbons (Fsp3) is 0.591.